The lowest BCUT2D eigenvalue weighted by atomic mass is 10.1. The molecule has 1 aromatic carbocycles. The molecule has 0 bridgehead atoms. The summed E-state index contributed by atoms with van der Waals surface area (Å²) in [6.07, 6.45) is 2.94. The van der Waals surface area contributed by atoms with Crippen LogP contribution in [-0.2, 0) is 5.75 Å². The molecular weight excluding hydrogens is 277 g/mol. The van der Waals surface area contributed by atoms with Crippen molar-refractivity contribution in [3.63, 3.8) is 0 Å². The van der Waals surface area contributed by atoms with Crippen LogP contribution in [0.1, 0.15) is 36.9 Å². The van der Waals surface area contributed by atoms with Crippen LogP contribution in [0.4, 0.5) is 4.39 Å². The van der Waals surface area contributed by atoms with E-state index in [1.807, 2.05) is 6.07 Å². The van der Waals surface area contributed by atoms with Crippen LogP contribution in [0, 0.1) is 5.82 Å². The summed E-state index contributed by atoms with van der Waals surface area (Å²) < 4.78 is 18.4. The third-order valence-electron chi connectivity index (χ3n) is 3.47. The fourth-order valence-corrected chi connectivity index (χ4v) is 3.22. The molecule has 0 saturated heterocycles. The van der Waals surface area contributed by atoms with Gasteiger partial charge in [-0.3, -0.25) is 0 Å². The fourth-order valence-electron chi connectivity index (χ4n) is 2.44. The van der Waals surface area contributed by atoms with Gasteiger partial charge in [0.05, 0.1) is 5.75 Å². The van der Waals surface area contributed by atoms with E-state index in [0.717, 1.165) is 24.2 Å². The molecule has 0 radical (unpaired) electrons. The third-order valence-corrected chi connectivity index (χ3v) is 4.46. The van der Waals surface area contributed by atoms with Gasteiger partial charge in [-0.05, 0) is 37.5 Å². The molecule has 1 aromatic heterocycles. The first-order chi connectivity index (χ1) is 9.70. The van der Waals surface area contributed by atoms with Crippen molar-refractivity contribution in [2.24, 2.45) is 5.73 Å². The monoisotopic (exact) mass is 293 g/mol. The molecule has 1 aliphatic rings. The van der Waals surface area contributed by atoms with E-state index in [2.05, 4.69) is 10.1 Å². The lowest BCUT2D eigenvalue weighted by Crippen LogP contribution is -2.14. The molecule has 2 aromatic rings. The molecule has 1 saturated carbocycles. The highest BCUT2D eigenvalue weighted by molar-refractivity contribution is 7.98. The molecule has 0 aliphatic heterocycles. The van der Waals surface area contributed by atoms with E-state index in [-0.39, 0.29) is 11.9 Å². The van der Waals surface area contributed by atoms with Crippen LogP contribution in [0.2, 0.25) is 0 Å². The van der Waals surface area contributed by atoms with Crippen molar-refractivity contribution in [1.82, 2.24) is 10.1 Å². The van der Waals surface area contributed by atoms with Gasteiger partial charge < -0.3 is 10.3 Å². The van der Waals surface area contributed by atoms with Gasteiger partial charge in [0.1, 0.15) is 5.82 Å². The molecule has 6 heteroatoms. The van der Waals surface area contributed by atoms with E-state index < -0.39 is 0 Å². The van der Waals surface area contributed by atoms with Crippen LogP contribution < -0.4 is 5.73 Å². The highest BCUT2D eigenvalue weighted by atomic mass is 32.2. The minimum Gasteiger partial charge on any atom is -0.339 e. The Labute approximate surface area is 120 Å². The Bertz CT molecular complexity index is 589. The number of hydrogen-bond acceptors (Lipinski definition) is 5. The molecule has 2 atom stereocenters. The number of rotatable bonds is 4. The minimum absolute atomic E-state index is 0.233. The Kier molecular flexibility index (Phi) is 4.03. The van der Waals surface area contributed by atoms with Crippen molar-refractivity contribution >= 4 is 11.8 Å². The summed E-state index contributed by atoms with van der Waals surface area (Å²) >= 11 is 1.49. The first kappa shape index (κ1) is 13.6. The molecule has 2 unspecified atom stereocenters. The van der Waals surface area contributed by atoms with Crippen molar-refractivity contribution in [3.05, 3.63) is 41.8 Å². The maximum atomic E-state index is 13.1. The number of nitrogens with two attached hydrogens (primary N) is 1. The van der Waals surface area contributed by atoms with Crippen molar-refractivity contribution in [1.29, 1.82) is 0 Å². The van der Waals surface area contributed by atoms with Gasteiger partial charge in [-0.25, -0.2) is 4.39 Å². The summed E-state index contributed by atoms with van der Waals surface area (Å²) in [5, 5.41) is 3.98. The van der Waals surface area contributed by atoms with Gasteiger partial charge in [-0.15, -0.1) is 11.8 Å². The Hall–Kier alpha value is -1.40. The maximum Gasteiger partial charge on any atom is 0.229 e. The molecule has 0 amide bonds. The predicted molar refractivity (Wildman–Crippen MR) is 74.8 cm³/mol. The molecule has 3 rings (SSSR count). The summed E-state index contributed by atoms with van der Waals surface area (Å²) in [5.74, 6) is 1.97. The maximum absolute atomic E-state index is 13.1. The van der Waals surface area contributed by atoms with Gasteiger partial charge in [0.25, 0.3) is 0 Å². The number of nitrogens with zero attached hydrogens (tertiary/aromatic N) is 2. The van der Waals surface area contributed by atoms with Crippen LogP contribution in [0.25, 0.3) is 0 Å². The number of benzene rings is 1. The van der Waals surface area contributed by atoms with Gasteiger partial charge in [-0.1, -0.05) is 11.2 Å². The molecule has 2 N–H and O–H groups in total. The molecule has 106 valence electrons. The molecule has 4 nitrogen and oxygen atoms in total. The highest BCUT2D eigenvalue weighted by Crippen LogP contribution is 2.33. The van der Waals surface area contributed by atoms with E-state index in [1.54, 1.807) is 6.07 Å². The highest BCUT2D eigenvalue weighted by Gasteiger charge is 2.27. The summed E-state index contributed by atoms with van der Waals surface area (Å²) in [6, 6.07) is 6.74. The largest absolute Gasteiger partial charge is 0.339 e. The third kappa shape index (κ3) is 3.19. The lowest BCUT2D eigenvalue weighted by Gasteiger charge is -2.01. The second-order valence-corrected chi connectivity index (χ2v) is 6.11. The molecule has 1 fully saturated rings. The van der Waals surface area contributed by atoms with Crippen molar-refractivity contribution in [2.45, 2.75) is 41.9 Å². The van der Waals surface area contributed by atoms with Gasteiger partial charge >= 0.3 is 0 Å². The zero-order valence-electron chi connectivity index (χ0n) is 11.0. The van der Waals surface area contributed by atoms with Gasteiger partial charge in [0, 0.05) is 16.9 Å². The first-order valence-corrected chi connectivity index (χ1v) is 7.65. The lowest BCUT2D eigenvalue weighted by molar-refractivity contribution is 0.350. The molecule has 0 spiro atoms. The van der Waals surface area contributed by atoms with Crippen LogP contribution in [0.5, 0.6) is 0 Å². The summed E-state index contributed by atoms with van der Waals surface area (Å²) in [5.41, 5.74) is 5.89. The standard InChI is InChI=1S/C14H16FN3OS/c15-10-2-1-3-12(7-10)20-8-13-17-14(19-18-13)9-4-5-11(16)6-9/h1-3,7,9,11H,4-6,8,16H2. The topological polar surface area (TPSA) is 64.9 Å². The number of halogens is 1. The van der Waals surface area contributed by atoms with Crippen LogP contribution >= 0.6 is 11.8 Å². The van der Waals surface area contributed by atoms with E-state index >= 15 is 0 Å². The summed E-state index contributed by atoms with van der Waals surface area (Å²) in [4.78, 5) is 5.28. The fraction of sp³-hybridized carbons (Fsp3) is 0.429. The van der Waals surface area contributed by atoms with Crippen molar-refractivity contribution < 1.29 is 8.91 Å². The Morgan fingerprint density at radius 2 is 2.30 bits per heavy atom. The average molecular weight is 293 g/mol. The molecule has 1 aliphatic carbocycles. The average Bonchev–Trinajstić information content (AvgIpc) is 3.05. The normalized spacial score (nSPS) is 22.3. The van der Waals surface area contributed by atoms with Gasteiger partial charge in [-0.2, -0.15) is 4.98 Å². The number of aromatic nitrogens is 2. The quantitative estimate of drug-likeness (QED) is 0.877. The Balaban J connectivity index is 1.60. The zero-order valence-corrected chi connectivity index (χ0v) is 11.8. The van der Waals surface area contributed by atoms with Gasteiger partial charge in [0.15, 0.2) is 5.82 Å². The van der Waals surface area contributed by atoms with E-state index in [1.165, 1.54) is 23.9 Å². The second kappa shape index (κ2) is 5.93. The Morgan fingerprint density at radius 1 is 1.40 bits per heavy atom. The minimum atomic E-state index is -0.233. The van der Waals surface area contributed by atoms with Crippen molar-refractivity contribution in [2.75, 3.05) is 0 Å². The van der Waals surface area contributed by atoms with Gasteiger partial charge in [0.2, 0.25) is 5.89 Å². The van der Waals surface area contributed by atoms with Crippen LogP contribution in [0.3, 0.4) is 0 Å². The summed E-state index contributed by atoms with van der Waals surface area (Å²) in [6.45, 7) is 0. The predicted octanol–water partition coefficient (Wildman–Crippen LogP) is 3.10. The van der Waals surface area contributed by atoms with E-state index in [4.69, 9.17) is 10.3 Å². The van der Waals surface area contributed by atoms with E-state index in [9.17, 15) is 4.39 Å². The SMILES string of the molecule is NC1CCC(c2nc(CSc3cccc(F)c3)no2)C1. The Morgan fingerprint density at radius 3 is 3.05 bits per heavy atom. The number of thioether (sulfide) groups is 1. The molecule has 20 heavy (non-hydrogen) atoms. The van der Waals surface area contributed by atoms with Crippen LogP contribution in [-0.4, -0.2) is 16.2 Å². The zero-order chi connectivity index (χ0) is 13.9. The molecular formula is C14H16FN3OS. The van der Waals surface area contributed by atoms with E-state index in [0.29, 0.717) is 23.4 Å². The smallest absolute Gasteiger partial charge is 0.229 e. The number of hydrogen-bond donors (Lipinski definition) is 1. The van der Waals surface area contributed by atoms with Crippen molar-refractivity contribution in [3.8, 4) is 0 Å². The molecule has 1 heterocycles. The second-order valence-electron chi connectivity index (χ2n) is 5.06. The summed E-state index contributed by atoms with van der Waals surface area (Å²) in [7, 11) is 0. The van der Waals surface area contributed by atoms with Crippen LogP contribution in [0.15, 0.2) is 33.7 Å². The first-order valence-electron chi connectivity index (χ1n) is 6.67.